The first-order valence-electron chi connectivity index (χ1n) is 16.4. The molecule has 0 spiro atoms. The number of aromatic carboxylic acids is 1. The molecule has 4 fully saturated rings. The van der Waals surface area contributed by atoms with E-state index in [9.17, 15) is 9.90 Å². The van der Waals surface area contributed by atoms with Crippen LogP contribution in [0.2, 0.25) is 0 Å². The van der Waals surface area contributed by atoms with E-state index in [1.807, 2.05) is 23.5 Å². The molecular weight excluding hydrogens is 522 g/mol. The third kappa shape index (κ3) is 4.02. The van der Waals surface area contributed by atoms with Gasteiger partial charge in [-0.25, -0.2) is 4.79 Å². The minimum absolute atomic E-state index is 0.340. The molecule has 0 radical (unpaired) electrons. The van der Waals surface area contributed by atoms with Gasteiger partial charge in [0, 0.05) is 12.1 Å². The average Bonchev–Trinajstić information content (AvgIpc) is 3.63. The molecule has 4 saturated carbocycles. The number of carboxylic acid groups (broad SMARTS) is 1. The van der Waals surface area contributed by atoms with Gasteiger partial charge in [-0.05, 0) is 149 Å². The Morgan fingerprint density at radius 3 is 2.46 bits per heavy atom. The van der Waals surface area contributed by atoms with Gasteiger partial charge in [0.05, 0.1) is 5.56 Å². The van der Waals surface area contributed by atoms with E-state index < -0.39 is 5.97 Å². The van der Waals surface area contributed by atoms with Gasteiger partial charge >= 0.3 is 5.97 Å². The molecule has 2 aromatic rings. The number of fused-ring (bicyclic) bond motifs is 7. The van der Waals surface area contributed by atoms with Gasteiger partial charge in [0.1, 0.15) is 0 Å². The largest absolute Gasteiger partial charge is 0.478 e. The maximum atomic E-state index is 11.4. The lowest BCUT2D eigenvalue weighted by Crippen LogP contribution is -2.66. The number of nitrogens with one attached hydrogen (secondary N) is 1. The summed E-state index contributed by atoms with van der Waals surface area (Å²) in [4.78, 5) is 11.4. The molecule has 1 aromatic carbocycles. The van der Waals surface area contributed by atoms with Crippen molar-refractivity contribution in [1.82, 2.24) is 5.32 Å². The Morgan fingerprint density at radius 2 is 1.73 bits per heavy atom. The third-order valence-electron chi connectivity index (χ3n) is 14.2. The molecule has 5 aliphatic carbocycles. The van der Waals surface area contributed by atoms with Crippen molar-refractivity contribution in [1.29, 1.82) is 0 Å². The normalized spacial score (nSPS) is 43.3. The second-order valence-electron chi connectivity index (χ2n) is 15.4. The predicted octanol–water partition coefficient (Wildman–Crippen LogP) is 9.45. The first kappa shape index (κ1) is 27.9. The molecule has 2 N–H and O–H groups in total. The van der Waals surface area contributed by atoms with Crippen molar-refractivity contribution in [2.45, 2.75) is 104 Å². The lowest BCUT2D eigenvalue weighted by molar-refractivity contribution is -0.211. The Hall–Kier alpha value is -1.91. The Morgan fingerprint density at radius 1 is 0.927 bits per heavy atom. The summed E-state index contributed by atoms with van der Waals surface area (Å²) < 4.78 is 0. The molecule has 0 aliphatic heterocycles. The Bertz CT molecular complexity index is 1330. The van der Waals surface area contributed by atoms with Crippen LogP contribution in [0.3, 0.4) is 0 Å². The summed E-state index contributed by atoms with van der Waals surface area (Å²) in [6, 6.07) is 9.93. The van der Waals surface area contributed by atoms with Gasteiger partial charge in [0.2, 0.25) is 0 Å². The van der Waals surface area contributed by atoms with E-state index in [0.29, 0.717) is 39.2 Å². The van der Waals surface area contributed by atoms with Crippen molar-refractivity contribution >= 4 is 22.9 Å². The Balaban J connectivity index is 1.16. The highest BCUT2D eigenvalue weighted by Gasteiger charge is 2.68. The van der Waals surface area contributed by atoms with Crippen molar-refractivity contribution in [2.75, 3.05) is 0 Å². The number of hydrogen-bond donors (Lipinski definition) is 2. The SMILES string of the molecule is CC1C(c2ccc(C(=O)O)cc2)=CCC2(C)C1CCC1(C)C2CCC2C3CCCC3(NCc3ccsc3)CC[C@]21C. The van der Waals surface area contributed by atoms with Gasteiger partial charge in [0.25, 0.3) is 0 Å². The van der Waals surface area contributed by atoms with Crippen LogP contribution >= 0.6 is 11.3 Å². The van der Waals surface area contributed by atoms with E-state index >= 15 is 0 Å². The summed E-state index contributed by atoms with van der Waals surface area (Å²) in [5, 5.41) is 18.1. The third-order valence-corrected chi connectivity index (χ3v) is 15.0. The molecule has 0 saturated heterocycles. The molecule has 5 aliphatic rings. The van der Waals surface area contributed by atoms with E-state index in [1.54, 1.807) is 12.1 Å². The van der Waals surface area contributed by atoms with Crippen molar-refractivity contribution in [2.24, 2.45) is 45.8 Å². The summed E-state index contributed by atoms with van der Waals surface area (Å²) >= 11 is 1.82. The molecule has 220 valence electrons. The number of thiophene rings is 1. The van der Waals surface area contributed by atoms with Crippen molar-refractivity contribution in [3.63, 3.8) is 0 Å². The van der Waals surface area contributed by atoms with Crippen LogP contribution in [-0.2, 0) is 6.54 Å². The quantitative estimate of drug-likeness (QED) is 0.376. The van der Waals surface area contributed by atoms with Crippen LogP contribution in [0.25, 0.3) is 5.57 Å². The zero-order valence-corrected chi connectivity index (χ0v) is 26.4. The molecule has 3 nitrogen and oxygen atoms in total. The smallest absolute Gasteiger partial charge is 0.335 e. The predicted molar refractivity (Wildman–Crippen MR) is 169 cm³/mol. The van der Waals surface area contributed by atoms with Gasteiger partial charge in [0.15, 0.2) is 0 Å². The minimum atomic E-state index is -0.846. The molecule has 1 heterocycles. The molecule has 1 aromatic heterocycles. The monoisotopic (exact) mass is 571 g/mol. The molecule has 41 heavy (non-hydrogen) atoms. The number of allylic oxidation sites excluding steroid dienone is 2. The fraction of sp³-hybridized carbons (Fsp3) is 0.649. The number of benzene rings is 1. The van der Waals surface area contributed by atoms with Crippen molar-refractivity contribution in [3.8, 4) is 0 Å². The minimum Gasteiger partial charge on any atom is -0.478 e. The maximum absolute atomic E-state index is 11.4. The fourth-order valence-electron chi connectivity index (χ4n) is 12.0. The average molecular weight is 572 g/mol. The number of hydrogen-bond acceptors (Lipinski definition) is 3. The molecule has 9 atom stereocenters. The molecular formula is C37H49NO2S. The van der Waals surface area contributed by atoms with Gasteiger partial charge in [-0.2, -0.15) is 11.3 Å². The topological polar surface area (TPSA) is 49.3 Å². The fourth-order valence-corrected chi connectivity index (χ4v) is 12.6. The highest BCUT2D eigenvalue weighted by molar-refractivity contribution is 7.07. The van der Waals surface area contributed by atoms with Crippen molar-refractivity contribution < 1.29 is 9.90 Å². The number of carboxylic acids is 1. The molecule has 4 heteroatoms. The highest BCUT2D eigenvalue weighted by atomic mass is 32.1. The first-order valence-corrected chi connectivity index (χ1v) is 17.4. The summed E-state index contributed by atoms with van der Waals surface area (Å²) in [7, 11) is 0. The standard InChI is InChI=1S/C37H49NO2S/c1-24-28(26-7-9-27(10-8-26)33(39)40)13-17-34(2)29(24)14-18-36(4)32(34)12-11-30-31-6-5-16-37(31,20-19-35(30,36)3)38-22-25-15-21-41-23-25/h7-10,13,15,21,23-24,29-32,38H,5-6,11-12,14,16-20,22H2,1-4H3,(H,39,40)/t24?,29?,30?,31?,32?,34?,35-,36?,37?/m1/s1. The van der Waals surface area contributed by atoms with Gasteiger partial charge in [-0.15, -0.1) is 0 Å². The summed E-state index contributed by atoms with van der Waals surface area (Å²) in [6.45, 7) is 11.6. The molecule has 8 unspecified atom stereocenters. The van der Waals surface area contributed by atoms with E-state index in [4.69, 9.17) is 0 Å². The van der Waals surface area contributed by atoms with Crippen molar-refractivity contribution in [3.05, 3.63) is 63.9 Å². The lowest BCUT2D eigenvalue weighted by Gasteiger charge is -2.71. The highest BCUT2D eigenvalue weighted by Crippen LogP contribution is 2.75. The van der Waals surface area contributed by atoms with Crippen LogP contribution in [0.15, 0.2) is 47.2 Å². The van der Waals surface area contributed by atoms with E-state index in [1.165, 1.54) is 74.5 Å². The van der Waals surface area contributed by atoms with Crippen LogP contribution in [0.5, 0.6) is 0 Å². The Kier molecular flexibility index (Phi) is 6.67. The lowest BCUT2D eigenvalue weighted by atomic mass is 9.34. The Labute approximate surface area is 251 Å². The zero-order chi connectivity index (χ0) is 28.6. The number of carbonyl (C=O) groups is 1. The number of rotatable bonds is 5. The van der Waals surface area contributed by atoms with Gasteiger partial charge in [-0.3, -0.25) is 0 Å². The molecule has 0 bridgehead atoms. The van der Waals surface area contributed by atoms with Crippen LogP contribution in [-0.4, -0.2) is 16.6 Å². The molecule has 0 amide bonds. The summed E-state index contributed by atoms with van der Waals surface area (Å²) in [5.41, 5.74) is 6.01. The van der Waals surface area contributed by atoms with Crippen LogP contribution in [0.4, 0.5) is 0 Å². The maximum Gasteiger partial charge on any atom is 0.335 e. The zero-order valence-electron chi connectivity index (χ0n) is 25.5. The van der Waals surface area contributed by atoms with Gasteiger partial charge < -0.3 is 10.4 Å². The van der Waals surface area contributed by atoms with Gasteiger partial charge in [-0.1, -0.05) is 52.3 Å². The van der Waals surface area contributed by atoms with E-state index in [0.717, 1.165) is 30.7 Å². The summed E-state index contributed by atoms with van der Waals surface area (Å²) in [5.74, 6) is 2.80. The van der Waals surface area contributed by atoms with Crippen LogP contribution in [0.1, 0.15) is 113 Å². The van der Waals surface area contributed by atoms with Crippen LogP contribution < -0.4 is 5.32 Å². The second-order valence-corrected chi connectivity index (χ2v) is 16.2. The first-order chi connectivity index (χ1) is 19.6. The summed E-state index contributed by atoms with van der Waals surface area (Å²) in [6.07, 6.45) is 16.1. The van der Waals surface area contributed by atoms with E-state index in [2.05, 4.69) is 55.9 Å². The second kappa shape index (κ2) is 9.81. The van der Waals surface area contributed by atoms with Crippen LogP contribution in [0, 0.1) is 45.8 Å². The molecule has 7 rings (SSSR count). The van der Waals surface area contributed by atoms with E-state index in [-0.39, 0.29) is 0 Å².